The van der Waals surface area contributed by atoms with E-state index in [2.05, 4.69) is 44.6 Å². The van der Waals surface area contributed by atoms with Crippen LogP contribution in [0.1, 0.15) is 13.8 Å². The Labute approximate surface area is 103 Å². The van der Waals surface area contributed by atoms with Gasteiger partial charge in [-0.05, 0) is 29.8 Å². The van der Waals surface area contributed by atoms with E-state index in [1.165, 1.54) is 0 Å². The maximum atomic E-state index is 5.66. The fraction of sp³-hybridized carbons (Fsp3) is 0.600. The van der Waals surface area contributed by atoms with Crippen molar-refractivity contribution in [2.24, 2.45) is 0 Å². The monoisotopic (exact) mass is 286 g/mol. The molecule has 1 aromatic heterocycles. The first-order chi connectivity index (χ1) is 7.48. The maximum Gasteiger partial charge on any atom is 0.222 e. The second kappa shape index (κ2) is 4.18. The smallest absolute Gasteiger partial charge is 0.222 e. The van der Waals surface area contributed by atoms with Crippen LogP contribution in [0, 0.1) is 0 Å². The summed E-state index contributed by atoms with van der Waals surface area (Å²) in [5.74, 6) is 1.13. The zero-order valence-electron chi connectivity index (χ0n) is 9.40. The third-order valence-corrected chi connectivity index (χ3v) is 3.03. The average Bonchev–Trinajstić information content (AvgIpc) is 2.20. The highest BCUT2D eigenvalue weighted by Gasteiger charge is 2.28. The number of aromatic nitrogens is 2. The molecule has 0 aliphatic carbocycles. The van der Waals surface area contributed by atoms with Crippen LogP contribution in [0.2, 0.25) is 0 Å². The van der Waals surface area contributed by atoms with Crippen molar-refractivity contribution < 1.29 is 4.74 Å². The van der Waals surface area contributed by atoms with Gasteiger partial charge in [0.25, 0.3) is 0 Å². The zero-order chi connectivity index (χ0) is 11.8. The van der Waals surface area contributed by atoms with Gasteiger partial charge in [0.2, 0.25) is 5.95 Å². The van der Waals surface area contributed by atoms with E-state index >= 15 is 0 Å². The summed E-state index contributed by atoms with van der Waals surface area (Å²) >= 11 is 3.44. The number of nitrogens with zero attached hydrogens (tertiary/aromatic N) is 3. The molecule has 2 N–H and O–H groups in total. The van der Waals surface area contributed by atoms with Gasteiger partial charge in [-0.25, -0.2) is 4.98 Å². The molecule has 1 aliphatic rings. The normalized spacial score (nSPS) is 19.8. The van der Waals surface area contributed by atoms with Gasteiger partial charge in [-0.1, -0.05) is 0 Å². The van der Waals surface area contributed by atoms with Gasteiger partial charge >= 0.3 is 0 Å². The van der Waals surface area contributed by atoms with Crippen LogP contribution >= 0.6 is 15.9 Å². The Morgan fingerprint density at radius 3 is 3.00 bits per heavy atom. The van der Waals surface area contributed by atoms with Gasteiger partial charge in [0, 0.05) is 19.3 Å². The molecule has 0 bridgehead atoms. The third-order valence-electron chi connectivity index (χ3n) is 2.47. The molecular weight excluding hydrogens is 272 g/mol. The van der Waals surface area contributed by atoms with Crippen molar-refractivity contribution in [2.75, 3.05) is 30.3 Å². The Hall–Kier alpha value is -0.880. The Balaban J connectivity index is 2.26. The first-order valence-corrected chi connectivity index (χ1v) is 5.94. The molecule has 5 nitrogen and oxygen atoms in total. The number of nitrogens with two attached hydrogens (primary N) is 1. The Morgan fingerprint density at radius 2 is 2.31 bits per heavy atom. The van der Waals surface area contributed by atoms with Gasteiger partial charge in [-0.15, -0.1) is 0 Å². The second-order valence-corrected chi connectivity index (χ2v) is 5.28. The summed E-state index contributed by atoms with van der Waals surface area (Å²) in [5, 5.41) is 0. The summed E-state index contributed by atoms with van der Waals surface area (Å²) in [6, 6.07) is 0. The van der Waals surface area contributed by atoms with Crippen molar-refractivity contribution in [3.63, 3.8) is 0 Å². The minimum absolute atomic E-state index is 0.155. The Bertz CT molecular complexity index is 396. The minimum atomic E-state index is -0.155. The van der Waals surface area contributed by atoms with E-state index in [0.717, 1.165) is 23.4 Å². The van der Waals surface area contributed by atoms with Crippen LogP contribution < -0.4 is 10.6 Å². The summed E-state index contributed by atoms with van der Waals surface area (Å²) in [6.45, 7) is 6.44. The number of anilines is 2. The van der Waals surface area contributed by atoms with E-state index in [0.29, 0.717) is 12.6 Å². The predicted octanol–water partition coefficient (Wildman–Crippen LogP) is 1.44. The fourth-order valence-electron chi connectivity index (χ4n) is 1.79. The Morgan fingerprint density at radius 1 is 1.56 bits per heavy atom. The quantitative estimate of drug-likeness (QED) is 0.846. The number of nitrogen functional groups attached to an aromatic ring is 1. The molecule has 1 saturated heterocycles. The zero-order valence-corrected chi connectivity index (χ0v) is 11.0. The molecule has 0 atom stereocenters. The van der Waals surface area contributed by atoms with Gasteiger partial charge in [-0.3, -0.25) is 0 Å². The molecule has 1 aromatic rings. The molecule has 1 aliphatic heterocycles. The molecule has 16 heavy (non-hydrogen) atoms. The van der Waals surface area contributed by atoms with E-state index in [1.807, 2.05) is 0 Å². The Kier molecular flexibility index (Phi) is 3.03. The van der Waals surface area contributed by atoms with Gasteiger partial charge in [0.1, 0.15) is 5.82 Å². The lowest BCUT2D eigenvalue weighted by Crippen LogP contribution is -2.48. The summed E-state index contributed by atoms with van der Waals surface area (Å²) in [5.41, 5.74) is 5.45. The molecule has 0 saturated carbocycles. The first kappa shape index (κ1) is 11.6. The molecule has 6 heteroatoms. The van der Waals surface area contributed by atoms with Gasteiger partial charge in [-0.2, -0.15) is 4.98 Å². The van der Waals surface area contributed by atoms with Crippen molar-refractivity contribution in [1.82, 2.24) is 9.97 Å². The summed E-state index contributed by atoms with van der Waals surface area (Å²) in [7, 11) is 0. The molecule has 88 valence electrons. The molecule has 0 spiro atoms. The summed E-state index contributed by atoms with van der Waals surface area (Å²) < 4.78 is 6.52. The number of morpholine rings is 1. The van der Waals surface area contributed by atoms with Crippen LogP contribution in [-0.2, 0) is 4.74 Å². The SMILES string of the molecule is CC1(C)CN(c2nc(N)ncc2Br)CCO1. The standard InChI is InChI=1S/C10H15BrN4O/c1-10(2)6-15(3-4-16-10)8-7(11)5-13-9(12)14-8/h5H,3-4,6H2,1-2H3,(H2,12,13,14). The molecule has 0 aromatic carbocycles. The topological polar surface area (TPSA) is 64.3 Å². The maximum absolute atomic E-state index is 5.66. The highest BCUT2D eigenvalue weighted by Crippen LogP contribution is 2.27. The van der Waals surface area contributed by atoms with Crippen molar-refractivity contribution in [2.45, 2.75) is 19.4 Å². The lowest BCUT2D eigenvalue weighted by Gasteiger charge is -2.39. The number of ether oxygens (including phenoxy) is 1. The van der Waals surface area contributed by atoms with Crippen LogP contribution in [0.25, 0.3) is 0 Å². The highest BCUT2D eigenvalue weighted by molar-refractivity contribution is 9.10. The highest BCUT2D eigenvalue weighted by atomic mass is 79.9. The van der Waals surface area contributed by atoms with E-state index in [9.17, 15) is 0 Å². The lowest BCUT2D eigenvalue weighted by atomic mass is 10.1. The lowest BCUT2D eigenvalue weighted by molar-refractivity contribution is -0.0279. The molecule has 0 unspecified atom stereocenters. The van der Waals surface area contributed by atoms with Crippen molar-refractivity contribution >= 4 is 27.7 Å². The summed E-state index contributed by atoms with van der Waals surface area (Å²) in [6.07, 6.45) is 1.68. The van der Waals surface area contributed by atoms with Gasteiger partial charge in [0.05, 0.1) is 16.7 Å². The number of rotatable bonds is 1. The number of hydrogen-bond donors (Lipinski definition) is 1. The molecule has 2 rings (SSSR count). The predicted molar refractivity (Wildman–Crippen MR) is 66.4 cm³/mol. The summed E-state index contributed by atoms with van der Waals surface area (Å²) in [4.78, 5) is 10.3. The first-order valence-electron chi connectivity index (χ1n) is 5.15. The fourth-order valence-corrected chi connectivity index (χ4v) is 2.23. The molecular formula is C10H15BrN4O. The van der Waals surface area contributed by atoms with Crippen LogP contribution in [0.4, 0.5) is 11.8 Å². The second-order valence-electron chi connectivity index (χ2n) is 4.43. The molecule has 2 heterocycles. The molecule has 1 fully saturated rings. The number of hydrogen-bond acceptors (Lipinski definition) is 5. The van der Waals surface area contributed by atoms with E-state index in [1.54, 1.807) is 6.20 Å². The van der Waals surface area contributed by atoms with E-state index in [4.69, 9.17) is 10.5 Å². The van der Waals surface area contributed by atoms with Crippen molar-refractivity contribution in [3.8, 4) is 0 Å². The van der Waals surface area contributed by atoms with Gasteiger partial charge in [0.15, 0.2) is 0 Å². The third kappa shape index (κ3) is 2.44. The average molecular weight is 287 g/mol. The molecule has 0 radical (unpaired) electrons. The van der Waals surface area contributed by atoms with Crippen LogP contribution in [-0.4, -0.2) is 35.3 Å². The van der Waals surface area contributed by atoms with Crippen molar-refractivity contribution in [1.29, 1.82) is 0 Å². The minimum Gasteiger partial charge on any atom is -0.372 e. The van der Waals surface area contributed by atoms with Crippen molar-refractivity contribution in [3.05, 3.63) is 10.7 Å². The van der Waals surface area contributed by atoms with E-state index in [-0.39, 0.29) is 5.60 Å². The molecule has 0 amide bonds. The van der Waals surface area contributed by atoms with Crippen LogP contribution in [0.3, 0.4) is 0 Å². The largest absolute Gasteiger partial charge is 0.372 e. The van der Waals surface area contributed by atoms with E-state index < -0.39 is 0 Å². The van der Waals surface area contributed by atoms with Crippen LogP contribution in [0.5, 0.6) is 0 Å². The number of halogens is 1. The van der Waals surface area contributed by atoms with Gasteiger partial charge < -0.3 is 15.4 Å². The van der Waals surface area contributed by atoms with Crippen LogP contribution in [0.15, 0.2) is 10.7 Å².